The Morgan fingerprint density at radius 2 is 0.900 bits per heavy atom. The average molecular weight is 972 g/mol. The largest absolute Gasteiger partial charge is 0.497 e. The van der Waals surface area contributed by atoms with Gasteiger partial charge in [0.25, 0.3) is 0 Å². The van der Waals surface area contributed by atoms with E-state index in [2.05, 4.69) is 165 Å². The molecule has 9 nitrogen and oxygen atoms in total. The molecule has 0 aliphatic rings. The van der Waals surface area contributed by atoms with Gasteiger partial charge in [0.1, 0.15) is 23.0 Å². The van der Waals surface area contributed by atoms with Gasteiger partial charge in [0.15, 0.2) is 0 Å². The summed E-state index contributed by atoms with van der Waals surface area (Å²) < 4.78 is 21.1. The zero-order chi connectivity index (χ0) is 52.3. The van der Waals surface area contributed by atoms with Gasteiger partial charge in [-0.15, -0.1) is 0 Å². The fourth-order valence-corrected chi connectivity index (χ4v) is 9.70. The lowest BCUT2D eigenvalue weighted by Gasteiger charge is -2.35. The minimum absolute atomic E-state index is 0. The van der Waals surface area contributed by atoms with Crippen LogP contribution in [0.1, 0.15) is 116 Å². The summed E-state index contributed by atoms with van der Waals surface area (Å²) in [6.45, 7) is 21.8. The summed E-state index contributed by atoms with van der Waals surface area (Å²) in [6, 6.07) is 32.9. The van der Waals surface area contributed by atoms with Gasteiger partial charge in [0.2, 0.25) is 0 Å². The summed E-state index contributed by atoms with van der Waals surface area (Å²) in [5, 5.41) is 10.9. The first kappa shape index (κ1) is 65.6. The molecule has 0 bridgehead atoms. The normalized spacial score (nSPS) is 14.7. The molecule has 1 N–H and O–H groups in total. The zero-order valence-corrected chi connectivity index (χ0v) is 47.1. The fourth-order valence-electron chi connectivity index (χ4n) is 9.70. The molecule has 0 saturated heterocycles. The predicted octanol–water partition coefficient (Wildman–Crippen LogP) is 13.2. The Bertz CT molecular complexity index is 1930. The van der Waals surface area contributed by atoms with Crippen LogP contribution in [0, 0.1) is 23.7 Å². The van der Waals surface area contributed by atoms with Gasteiger partial charge in [-0.25, -0.2) is 0 Å². The lowest BCUT2D eigenvalue weighted by Crippen LogP contribution is -2.38. The number of allylic oxidation sites excluding steroid dienone is 1. The van der Waals surface area contributed by atoms with Crippen LogP contribution in [-0.2, 0) is 5.60 Å². The molecular weight excluding hydrogens is 869 g/mol. The van der Waals surface area contributed by atoms with Crippen molar-refractivity contribution < 1.29 is 24.1 Å². The van der Waals surface area contributed by atoms with Crippen LogP contribution in [0.15, 0.2) is 103 Å². The number of ether oxygens (including phenoxy) is 4. The molecule has 0 saturated carbocycles. The highest BCUT2D eigenvalue weighted by Gasteiger charge is 2.34. The van der Waals surface area contributed by atoms with E-state index >= 15 is 0 Å². The number of benzene rings is 4. The highest BCUT2D eigenvalue weighted by atomic mass is 16.5. The minimum atomic E-state index is -0.807. The van der Waals surface area contributed by atoms with Gasteiger partial charge in [0.05, 0.1) is 34.0 Å². The Labute approximate surface area is 430 Å². The van der Waals surface area contributed by atoms with Crippen LogP contribution in [0.3, 0.4) is 0 Å². The molecule has 0 amide bonds. The number of hydrogen-bond donors (Lipinski definition) is 1. The van der Waals surface area contributed by atoms with Crippen molar-refractivity contribution in [1.82, 2.24) is 19.6 Å². The Morgan fingerprint density at radius 3 is 1.26 bits per heavy atom. The average Bonchev–Trinajstić information content (AvgIpc) is 3.32. The SMILES string of the molecule is C.CC=C(c1cccc(OC)c1)[C@@H](C)CN(C)C.CCC(O)(c1cccc(OC)c1)[C@@H](C)CN(C)C.CC[C@@H](c1cccc(OC)c1)[C@@H](C)CN(C)C.CC[C@H](c1cccc(OC)c1)[C@@H](C)CN(C)C. The molecule has 9 heteroatoms. The van der Waals surface area contributed by atoms with E-state index in [4.69, 9.17) is 18.9 Å². The first-order valence-electron chi connectivity index (χ1n) is 25.2. The van der Waals surface area contributed by atoms with Crippen molar-refractivity contribution in [3.63, 3.8) is 0 Å². The van der Waals surface area contributed by atoms with Gasteiger partial charge in [-0.2, -0.15) is 0 Å². The number of hydrogen-bond acceptors (Lipinski definition) is 9. The summed E-state index contributed by atoms with van der Waals surface area (Å²) in [5.74, 6) is 6.81. The fraction of sp³-hybridized carbons (Fsp3) is 0.574. The molecular formula is C61H102N4O5. The Balaban J connectivity index is 0.000000903. The molecule has 0 aliphatic heterocycles. The first-order chi connectivity index (χ1) is 32.7. The molecule has 4 aromatic rings. The van der Waals surface area contributed by atoms with Crippen molar-refractivity contribution in [2.45, 2.75) is 99.5 Å². The highest BCUT2D eigenvalue weighted by Crippen LogP contribution is 2.36. The molecule has 0 radical (unpaired) electrons. The molecule has 7 atom stereocenters. The summed E-state index contributed by atoms with van der Waals surface area (Å²) in [6.07, 6.45) is 5.22. The molecule has 0 spiro atoms. The third-order valence-electron chi connectivity index (χ3n) is 13.1. The predicted molar refractivity (Wildman–Crippen MR) is 303 cm³/mol. The number of nitrogens with zero attached hydrogens (tertiary/aromatic N) is 4. The van der Waals surface area contributed by atoms with E-state index in [-0.39, 0.29) is 13.3 Å². The van der Waals surface area contributed by atoms with Crippen molar-refractivity contribution in [2.75, 3.05) is 111 Å². The summed E-state index contributed by atoms with van der Waals surface area (Å²) >= 11 is 0. The number of methoxy groups -OCH3 is 4. The quantitative estimate of drug-likeness (QED) is 0.0783. The van der Waals surface area contributed by atoms with Crippen LogP contribution < -0.4 is 18.9 Å². The molecule has 70 heavy (non-hydrogen) atoms. The van der Waals surface area contributed by atoms with Crippen molar-refractivity contribution in [2.24, 2.45) is 23.7 Å². The van der Waals surface area contributed by atoms with Gasteiger partial charge < -0.3 is 43.7 Å². The molecule has 396 valence electrons. The van der Waals surface area contributed by atoms with E-state index < -0.39 is 5.60 Å². The van der Waals surface area contributed by atoms with Crippen molar-refractivity contribution in [3.8, 4) is 23.0 Å². The molecule has 0 heterocycles. The van der Waals surface area contributed by atoms with Crippen LogP contribution >= 0.6 is 0 Å². The van der Waals surface area contributed by atoms with Crippen LogP contribution in [0.4, 0.5) is 0 Å². The standard InChI is InChI=1S/C15H25NO2.2C15H25NO.C15H23NO.CH4/c1-6-15(17,12(2)11-16(3)4)13-8-7-9-14(10-13)18-5;3*1-6-15(12(2)11-16(3)4)13-8-7-9-14(10-13)17-5;/h7-10,12,17H,6,11H2,1-5H3;2*7-10,12,15H,6,11H2,1-5H3;6-10,12H,11H2,1-5H3;1H4/t12-,15?;12-,15+;12-,15-;12-;/m0000./s1. The molecule has 4 rings (SSSR count). The smallest absolute Gasteiger partial charge is 0.119 e. The van der Waals surface area contributed by atoms with Crippen LogP contribution in [0.5, 0.6) is 23.0 Å². The van der Waals surface area contributed by atoms with Crippen LogP contribution in [0.2, 0.25) is 0 Å². The third kappa shape index (κ3) is 22.8. The molecule has 0 aliphatic carbocycles. The van der Waals surface area contributed by atoms with Gasteiger partial charge in [-0.1, -0.05) is 110 Å². The third-order valence-corrected chi connectivity index (χ3v) is 13.1. The topological polar surface area (TPSA) is 70.1 Å². The molecule has 1 unspecified atom stereocenters. The molecule has 0 fully saturated rings. The first-order valence-corrected chi connectivity index (χ1v) is 25.2. The summed E-state index contributed by atoms with van der Waals surface area (Å²) in [7, 11) is 23.6. The summed E-state index contributed by atoms with van der Waals surface area (Å²) in [4.78, 5) is 8.83. The molecule has 0 aromatic heterocycles. The summed E-state index contributed by atoms with van der Waals surface area (Å²) in [5.41, 5.74) is 5.53. The van der Waals surface area contributed by atoms with Crippen LogP contribution in [0.25, 0.3) is 5.57 Å². The second-order valence-corrected chi connectivity index (χ2v) is 19.9. The van der Waals surface area contributed by atoms with E-state index in [1.165, 1.54) is 35.1 Å². The van der Waals surface area contributed by atoms with Gasteiger partial charge in [-0.05, 0) is 189 Å². The maximum absolute atomic E-state index is 10.9. The van der Waals surface area contributed by atoms with E-state index in [0.717, 1.165) is 54.7 Å². The minimum Gasteiger partial charge on any atom is -0.497 e. The van der Waals surface area contributed by atoms with Crippen LogP contribution in [-0.4, -0.2) is 136 Å². The lowest BCUT2D eigenvalue weighted by atomic mass is 9.80. The van der Waals surface area contributed by atoms with Crippen molar-refractivity contribution >= 4 is 5.57 Å². The van der Waals surface area contributed by atoms with E-state index in [0.29, 0.717) is 36.0 Å². The zero-order valence-electron chi connectivity index (χ0n) is 47.1. The van der Waals surface area contributed by atoms with E-state index in [9.17, 15) is 5.11 Å². The van der Waals surface area contributed by atoms with E-state index in [1.807, 2.05) is 69.6 Å². The van der Waals surface area contributed by atoms with E-state index in [1.54, 1.807) is 28.4 Å². The Morgan fingerprint density at radius 1 is 0.529 bits per heavy atom. The second-order valence-electron chi connectivity index (χ2n) is 19.9. The second kappa shape index (κ2) is 34.9. The number of rotatable bonds is 23. The highest BCUT2D eigenvalue weighted by molar-refractivity contribution is 5.68. The van der Waals surface area contributed by atoms with Gasteiger partial charge >= 0.3 is 0 Å². The lowest BCUT2D eigenvalue weighted by molar-refractivity contribution is -0.0293. The molecule has 4 aromatic carbocycles. The van der Waals surface area contributed by atoms with Crippen molar-refractivity contribution in [1.29, 1.82) is 0 Å². The maximum atomic E-state index is 10.9. The number of aliphatic hydroxyl groups is 1. The van der Waals surface area contributed by atoms with Crippen molar-refractivity contribution in [3.05, 3.63) is 125 Å². The Kier molecular flexibility index (Phi) is 32.7. The van der Waals surface area contributed by atoms with Gasteiger partial charge in [0, 0.05) is 32.1 Å². The maximum Gasteiger partial charge on any atom is 0.119 e. The van der Waals surface area contributed by atoms with Gasteiger partial charge in [-0.3, -0.25) is 0 Å². The monoisotopic (exact) mass is 971 g/mol. The Hall–Kier alpha value is -4.38.